The molecule has 0 unspecified atom stereocenters. The lowest BCUT2D eigenvalue weighted by Crippen LogP contribution is -2.63. The van der Waals surface area contributed by atoms with E-state index in [4.69, 9.17) is 16.3 Å². The predicted octanol–water partition coefficient (Wildman–Crippen LogP) is 4.67. The molecule has 4 aliphatic rings. The van der Waals surface area contributed by atoms with E-state index in [0.717, 1.165) is 16.3 Å². The van der Waals surface area contributed by atoms with Gasteiger partial charge in [0.05, 0.1) is 16.2 Å². The molecule has 1 amide bonds. The normalized spacial score (nSPS) is 36.8. The molecule has 0 radical (unpaired) electrons. The lowest BCUT2D eigenvalue weighted by atomic mass is 9.49. The van der Waals surface area contributed by atoms with E-state index in [1.165, 1.54) is 32.1 Å². The zero-order valence-electron chi connectivity index (χ0n) is 13.9. The minimum Gasteiger partial charge on any atom is -0.376 e. The first-order chi connectivity index (χ1) is 11.5. The molecule has 4 aliphatic carbocycles. The Morgan fingerprint density at radius 3 is 2.46 bits per heavy atom. The molecule has 24 heavy (non-hydrogen) atoms. The minimum absolute atomic E-state index is 0.119. The van der Waals surface area contributed by atoms with Gasteiger partial charge in [-0.25, -0.2) is 0 Å². The summed E-state index contributed by atoms with van der Waals surface area (Å²) in [6, 6.07) is 5.36. The second kappa shape index (κ2) is 6.30. The maximum atomic E-state index is 12.6. The third-order valence-corrected chi connectivity index (χ3v) is 7.42. The van der Waals surface area contributed by atoms with Crippen molar-refractivity contribution in [2.45, 2.75) is 37.7 Å². The summed E-state index contributed by atoms with van der Waals surface area (Å²) < 4.78 is 6.95. The highest BCUT2D eigenvalue weighted by Crippen LogP contribution is 2.59. The molecular formula is C19H23BrClNO2. The number of amides is 1. The van der Waals surface area contributed by atoms with Crippen molar-refractivity contribution in [3.05, 3.63) is 33.3 Å². The second-order valence-corrected chi connectivity index (χ2v) is 9.09. The number of nitrogens with one attached hydrogen (secondary N) is 1. The summed E-state index contributed by atoms with van der Waals surface area (Å²) in [5.74, 6) is 2.80. The Balaban J connectivity index is 1.51. The van der Waals surface area contributed by atoms with Crippen LogP contribution in [0.15, 0.2) is 22.7 Å². The topological polar surface area (TPSA) is 38.3 Å². The lowest BCUT2D eigenvalue weighted by molar-refractivity contribution is -0.186. The van der Waals surface area contributed by atoms with Crippen molar-refractivity contribution in [3.8, 4) is 0 Å². The Bertz CT molecular complexity index is 635. The number of halogens is 2. The molecule has 1 N–H and O–H groups in total. The number of hydrogen-bond acceptors (Lipinski definition) is 2. The molecule has 1 aromatic rings. The summed E-state index contributed by atoms with van der Waals surface area (Å²) in [7, 11) is 1.82. The van der Waals surface area contributed by atoms with Crippen LogP contribution in [0.5, 0.6) is 0 Å². The first kappa shape index (κ1) is 16.9. The Labute approximate surface area is 156 Å². The largest absolute Gasteiger partial charge is 0.376 e. The molecule has 0 heterocycles. The van der Waals surface area contributed by atoms with E-state index in [1.54, 1.807) is 12.1 Å². The monoisotopic (exact) mass is 411 g/mol. The van der Waals surface area contributed by atoms with E-state index in [2.05, 4.69) is 21.2 Å². The van der Waals surface area contributed by atoms with E-state index < -0.39 is 0 Å². The summed E-state index contributed by atoms with van der Waals surface area (Å²) in [4.78, 5) is 12.6. The summed E-state index contributed by atoms with van der Waals surface area (Å²) in [5.41, 5.74) is 0.322. The van der Waals surface area contributed by atoms with E-state index in [0.29, 0.717) is 29.0 Å². The van der Waals surface area contributed by atoms with Crippen molar-refractivity contribution >= 4 is 33.4 Å². The number of rotatable bonds is 4. The maximum Gasteiger partial charge on any atom is 0.252 e. The SMILES string of the molecule is COC1(CNC(=O)c2cc(Br)ccc2Cl)C2CC3CC(C2)CC1C3. The average molecular weight is 413 g/mol. The highest BCUT2D eigenvalue weighted by molar-refractivity contribution is 9.10. The molecule has 130 valence electrons. The van der Waals surface area contributed by atoms with Gasteiger partial charge in [-0.05, 0) is 74.0 Å². The van der Waals surface area contributed by atoms with E-state index in [9.17, 15) is 4.79 Å². The Hall–Kier alpha value is -0.580. The maximum absolute atomic E-state index is 12.6. The van der Waals surface area contributed by atoms with Crippen molar-refractivity contribution in [1.82, 2.24) is 5.32 Å². The number of methoxy groups -OCH3 is 1. The third kappa shape index (κ3) is 2.71. The van der Waals surface area contributed by atoms with Crippen LogP contribution in [0.25, 0.3) is 0 Å². The van der Waals surface area contributed by atoms with Crippen LogP contribution < -0.4 is 5.32 Å². The van der Waals surface area contributed by atoms with Crippen LogP contribution in [-0.2, 0) is 4.74 Å². The summed E-state index contributed by atoms with van der Waals surface area (Å²) >= 11 is 9.59. The van der Waals surface area contributed by atoms with Gasteiger partial charge in [0.1, 0.15) is 0 Å². The van der Waals surface area contributed by atoms with Gasteiger partial charge in [-0.15, -0.1) is 0 Å². The van der Waals surface area contributed by atoms with E-state index in [-0.39, 0.29) is 11.5 Å². The number of carbonyl (C=O) groups excluding carboxylic acids is 1. The van der Waals surface area contributed by atoms with E-state index >= 15 is 0 Å². The van der Waals surface area contributed by atoms with Crippen LogP contribution in [0.4, 0.5) is 0 Å². The highest BCUT2D eigenvalue weighted by atomic mass is 79.9. The van der Waals surface area contributed by atoms with Crippen LogP contribution in [0.3, 0.4) is 0 Å². The van der Waals surface area contributed by atoms with Gasteiger partial charge < -0.3 is 10.1 Å². The third-order valence-electron chi connectivity index (χ3n) is 6.60. The first-order valence-corrected chi connectivity index (χ1v) is 9.97. The average Bonchev–Trinajstić information content (AvgIpc) is 2.56. The van der Waals surface area contributed by atoms with Gasteiger partial charge in [-0.1, -0.05) is 27.5 Å². The summed E-state index contributed by atoms with van der Waals surface area (Å²) in [5, 5.41) is 3.60. The molecule has 3 nitrogen and oxygen atoms in total. The van der Waals surface area contributed by atoms with Gasteiger partial charge in [0, 0.05) is 18.1 Å². The molecule has 0 atom stereocenters. The molecule has 4 saturated carbocycles. The molecule has 0 saturated heterocycles. The van der Waals surface area contributed by atoms with Gasteiger partial charge in [-0.3, -0.25) is 4.79 Å². The summed E-state index contributed by atoms with van der Waals surface area (Å²) in [6.45, 7) is 0.583. The van der Waals surface area contributed by atoms with Crippen molar-refractivity contribution in [2.75, 3.05) is 13.7 Å². The summed E-state index contributed by atoms with van der Waals surface area (Å²) in [6.07, 6.45) is 6.44. The molecular weight excluding hydrogens is 390 g/mol. The predicted molar refractivity (Wildman–Crippen MR) is 98.3 cm³/mol. The molecule has 0 spiro atoms. The molecule has 4 bridgehead atoms. The molecule has 4 fully saturated rings. The van der Waals surface area contributed by atoms with Crippen LogP contribution in [0, 0.1) is 23.7 Å². The van der Waals surface area contributed by atoms with Crippen LogP contribution in [0.1, 0.15) is 42.5 Å². The van der Waals surface area contributed by atoms with Crippen LogP contribution in [-0.4, -0.2) is 25.2 Å². The Morgan fingerprint density at radius 1 is 1.25 bits per heavy atom. The zero-order chi connectivity index (χ0) is 16.9. The number of carbonyl (C=O) groups is 1. The fraction of sp³-hybridized carbons (Fsp3) is 0.632. The zero-order valence-corrected chi connectivity index (χ0v) is 16.2. The molecule has 5 rings (SSSR count). The second-order valence-electron chi connectivity index (χ2n) is 7.77. The highest BCUT2D eigenvalue weighted by Gasteiger charge is 2.57. The number of ether oxygens (including phenoxy) is 1. The van der Waals surface area contributed by atoms with Gasteiger partial charge in [-0.2, -0.15) is 0 Å². The van der Waals surface area contributed by atoms with Gasteiger partial charge in [0.2, 0.25) is 0 Å². The lowest BCUT2D eigenvalue weighted by Gasteiger charge is -2.60. The van der Waals surface area contributed by atoms with Crippen molar-refractivity contribution < 1.29 is 9.53 Å². The minimum atomic E-state index is -0.193. The first-order valence-electron chi connectivity index (χ1n) is 8.80. The van der Waals surface area contributed by atoms with Gasteiger partial charge >= 0.3 is 0 Å². The van der Waals surface area contributed by atoms with Crippen molar-refractivity contribution in [3.63, 3.8) is 0 Å². The van der Waals surface area contributed by atoms with E-state index in [1.807, 2.05) is 13.2 Å². The molecule has 0 aromatic heterocycles. The van der Waals surface area contributed by atoms with Crippen molar-refractivity contribution in [1.29, 1.82) is 0 Å². The number of benzene rings is 1. The van der Waals surface area contributed by atoms with Crippen molar-refractivity contribution in [2.24, 2.45) is 23.7 Å². The van der Waals surface area contributed by atoms with Gasteiger partial charge in [0.25, 0.3) is 5.91 Å². The molecule has 5 heteroatoms. The van der Waals surface area contributed by atoms with Crippen LogP contribution >= 0.6 is 27.5 Å². The Kier molecular flexibility index (Phi) is 4.42. The fourth-order valence-corrected chi connectivity index (χ4v) is 6.23. The standard InChI is InChI=1S/C19H23BrClNO2/c1-24-19(13-5-11-4-12(7-13)8-14(19)6-11)10-22-18(23)16-9-15(20)2-3-17(16)21/h2-3,9,11-14H,4-8,10H2,1H3,(H,22,23). The fourth-order valence-electron chi connectivity index (χ4n) is 5.66. The molecule has 1 aromatic carbocycles. The molecule has 0 aliphatic heterocycles. The smallest absolute Gasteiger partial charge is 0.252 e. The Morgan fingerprint density at radius 2 is 1.88 bits per heavy atom. The number of hydrogen-bond donors (Lipinski definition) is 1. The van der Waals surface area contributed by atoms with Crippen LogP contribution in [0.2, 0.25) is 5.02 Å². The van der Waals surface area contributed by atoms with Gasteiger partial charge in [0.15, 0.2) is 0 Å². The quantitative estimate of drug-likeness (QED) is 0.780.